The van der Waals surface area contributed by atoms with E-state index in [4.69, 9.17) is 9.16 Å². The fraction of sp³-hybridized carbons (Fsp3) is 0.679. The minimum absolute atomic E-state index is 0.0304. The molecule has 0 radical (unpaired) electrons. The summed E-state index contributed by atoms with van der Waals surface area (Å²) in [6, 6.07) is 7.32. The molecule has 1 N–H and O–H groups in total. The maximum atomic E-state index is 13.8. The van der Waals surface area contributed by atoms with Gasteiger partial charge < -0.3 is 24.3 Å². The molecule has 9 heteroatoms. The number of benzene rings is 1. The fourth-order valence-electron chi connectivity index (χ4n) is 6.83. The normalized spacial score (nSPS) is 28.0. The molecule has 1 aromatic rings. The molecule has 0 spiro atoms. The number of ether oxygens (including phenoxy) is 1. The van der Waals surface area contributed by atoms with Crippen LogP contribution in [0.25, 0.3) is 0 Å². The van der Waals surface area contributed by atoms with E-state index in [0.717, 1.165) is 51.6 Å². The Labute approximate surface area is 221 Å². The van der Waals surface area contributed by atoms with Crippen molar-refractivity contribution in [1.82, 2.24) is 15.1 Å². The second-order valence-corrected chi connectivity index (χ2v) is 13.8. The van der Waals surface area contributed by atoms with Crippen LogP contribution in [0, 0.1) is 5.92 Å². The van der Waals surface area contributed by atoms with Gasteiger partial charge in [-0.1, -0.05) is 31.9 Å². The second-order valence-electron chi connectivity index (χ2n) is 11.2. The second kappa shape index (κ2) is 11.8. The first kappa shape index (κ1) is 26.5. The van der Waals surface area contributed by atoms with Crippen LogP contribution in [0.2, 0.25) is 0 Å². The third-order valence-electron chi connectivity index (χ3n) is 8.92. The first-order valence-electron chi connectivity index (χ1n) is 14.1. The Balaban J connectivity index is 1.27. The lowest BCUT2D eigenvalue weighted by molar-refractivity contribution is -0.139. The van der Waals surface area contributed by atoms with Crippen LogP contribution in [0.5, 0.6) is 0 Å². The van der Waals surface area contributed by atoms with Gasteiger partial charge in [-0.2, -0.15) is 0 Å². The highest BCUT2D eigenvalue weighted by atomic mass is 28.3. The van der Waals surface area contributed by atoms with Gasteiger partial charge in [0, 0.05) is 19.2 Å². The number of ketones is 1. The molecule has 4 atom stereocenters. The molecule has 1 saturated carbocycles. The standard InChI is InChI=1S/C28H41N3O5Si/c1-3-14-30-15-12-20(13-16-30)19-8-10-22(11-9-19)26(33)29-25(21-6-4-5-7-21)27(34)31-17-24(35-2)37-28(31)23(32)18-36-37/h8-11,20-21,24-25,28,37H,3-7,12-18H2,1-2H3,(H,29,33)/t24-,25+,28+,37-/m1/s1. The molecule has 4 fully saturated rings. The largest absolute Gasteiger partial charge is 0.407 e. The van der Waals surface area contributed by atoms with Gasteiger partial charge in [-0.15, -0.1) is 0 Å². The van der Waals surface area contributed by atoms with Gasteiger partial charge in [0.2, 0.25) is 14.9 Å². The molecule has 37 heavy (non-hydrogen) atoms. The number of amides is 2. The van der Waals surface area contributed by atoms with Gasteiger partial charge in [0.15, 0.2) is 5.78 Å². The Kier molecular flexibility index (Phi) is 8.43. The smallest absolute Gasteiger partial charge is 0.251 e. The van der Waals surface area contributed by atoms with E-state index in [2.05, 4.69) is 29.3 Å². The number of fused-ring (bicyclic) bond motifs is 1. The Morgan fingerprint density at radius 1 is 1.14 bits per heavy atom. The summed E-state index contributed by atoms with van der Waals surface area (Å²) < 4.78 is 11.4. The number of nitrogens with one attached hydrogen (secondary N) is 1. The van der Waals surface area contributed by atoms with E-state index in [1.165, 1.54) is 18.5 Å². The molecule has 0 unspecified atom stereocenters. The topological polar surface area (TPSA) is 88.2 Å². The molecule has 202 valence electrons. The van der Waals surface area contributed by atoms with Crippen LogP contribution in [0.4, 0.5) is 0 Å². The zero-order valence-corrected chi connectivity index (χ0v) is 23.3. The van der Waals surface area contributed by atoms with E-state index in [1.54, 1.807) is 12.0 Å². The van der Waals surface area contributed by atoms with Gasteiger partial charge in [-0.05, 0) is 81.3 Å². The highest BCUT2D eigenvalue weighted by Crippen LogP contribution is 2.33. The van der Waals surface area contributed by atoms with Gasteiger partial charge in [-0.3, -0.25) is 14.4 Å². The van der Waals surface area contributed by atoms with Crippen molar-refractivity contribution in [1.29, 1.82) is 0 Å². The zero-order chi connectivity index (χ0) is 25.9. The third kappa shape index (κ3) is 5.55. The number of Topliss-reactive ketones (excluding diaryl/α,β-unsaturated/α-hetero) is 1. The van der Waals surface area contributed by atoms with Gasteiger partial charge in [0.25, 0.3) is 5.91 Å². The SMILES string of the molecule is CCCN1CCC(c2ccc(C(=O)N[C@H](C(=O)N3C[C@H](OC)[Si@H]4OCC(=O)[C@@H]34)C3CCCC3)cc2)CC1. The first-order chi connectivity index (χ1) is 18.0. The molecule has 4 aliphatic rings. The van der Waals surface area contributed by atoms with Gasteiger partial charge in [-0.25, -0.2) is 0 Å². The molecule has 5 rings (SSSR count). The van der Waals surface area contributed by atoms with E-state index in [9.17, 15) is 14.4 Å². The Morgan fingerprint density at radius 3 is 2.49 bits per heavy atom. The lowest BCUT2D eigenvalue weighted by atomic mass is 9.89. The number of carbonyl (C=O) groups is 3. The van der Waals surface area contributed by atoms with E-state index in [0.29, 0.717) is 18.0 Å². The van der Waals surface area contributed by atoms with E-state index >= 15 is 0 Å². The van der Waals surface area contributed by atoms with Crippen LogP contribution in [0.15, 0.2) is 24.3 Å². The van der Waals surface area contributed by atoms with Crippen LogP contribution in [0.3, 0.4) is 0 Å². The maximum absolute atomic E-state index is 13.8. The van der Waals surface area contributed by atoms with Crippen LogP contribution < -0.4 is 5.32 Å². The molecule has 0 aromatic heterocycles. The zero-order valence-electron chi connectivity index (χ0n) is 22.2. The molecular formula is C28H41N3O5Si. The number of rotatable bonds is 8. The van der Waals surface area contributed by atoms with Crippen LogP contribution >= 0.6 is 0 Å². The molecule has 1 aromatic carbocycles. The van der Waals surface area contributed by atoms with Gasteiger partial charge >= 0.3 is 0 Å². The van der Waals surface area contributed by atoms with E-state index in [-0.39, 0.29) is 35.8 Å². The lowest BCUT2D eigenvalue weighted by Crippen LogP contribution is -2.55. The van der Waals surface area contributed by atoms with Crippen molar-refractivity contribution in [3.05, 3.63) is 35.4 Å². The predicted molar refractivity (Wildman–Crippen MR) is 143 cm³/mol. The molecule has 3 saturated heterocycles. The molecule has 3 heterocycles. The number of piperidine rings is 1. The summed E-state index contributed by atoms with van der Waals surface area (Å²) in [4.78, 5) is 44.0. The maximum Gasteiger partial charge on any atom is 0.251 e. The molecular weight excluding hydrogens is 486 g/mol. The summed E-state index contributed by atoms with van der Waals surface area (Å²) in [6.07, 6.45) is 7.41. The number of likely N-dealkylation sites (tertiary alicyclic amines) is 1. The Morgan fingerprint density at radius 2 is 1.84 bits per heavy atom. The molecule has 1 aliphatic carbocycles. The average molecular weight is 528 g/mol. The average Bonchev–Trinajstić information content (AvgIpc) is 3.67. The minimum atomic E-state index is -2.01. The summed E-state index contributed by atoms with van der Waals surface area (Å²) in [5.41, 5.74) is 1.18. The molecule has 3 aliphatic heterocycles. The summed E-state index contributed by atoms with van der Waals surface area (Å²) in [5, 5.41) is 3.08. The fourth-order valence-corrected chi connectivity index (χ4v) is 9.78. The molecule has 0 bridgehead atoms. The summed E-state index contributed by atoms with van der Waals surface area (Å²) >= 11 is 0. The number of methoxy groups -OCH3 is 1. The monoisotopic (exact) mass is 527 g/mol. The van der Waals surface area contributed by atoms with Gasteiger partial charge in [0.05, 0.1) is 12.3 Å². The van der Waals surface area contributed by atoms with Crippen LogP contribution in [-0.2, 0) is 18.8 Å². The summed E-state index contributed by atoms with van der Waals surface area (Å²) in [6.45, 7) is 6.09. The highest BCUT2D eigenvalue weighted by Gasteiger charge is 2.55. The van der Waals surface area contributed by atoms with Crippen molar-refractivity contribution < 1.29 is 23.5 Å². The number of hydrogen-bond acceptors (Lipinski definition) is 6. The quantitative estimate of drug-likeness (QED) is 0.522. The lowest BCUT2D eigenvalue weighted by Gasteiger charge is -2.32. The third-order valence-corrected chi connectivity index (χ3v) is 12.0. The van der Waals surface area contributed by atoms with E-state index in [1.807, 2.05) is 12.1 Å². The number of nitrogens with zero attached hydrogens (tertiary/aromatic N) is 2. The molecule has 8 nitrogen and oxygen atoms in total. The minimum Gasteiger partial charge on any atom is -0.407 e. The van der Waals surface area contributed by atoms with Crippen molar-refractivity contribution in [2.24, 2.45) is 5.92 Å². The van der Waals surface area contributed by atoms with E-state index < -0.39 is 20.7 Å². The Hall–Kier alpha value is -2.07. The van der Waals surface area contributed by atoms with Crippen molar-refractivity contribution in [3.63, 3.8) is 0 Å². The Bertz CT molecular complexity index is 975. The number of carbonyl (C=O) groups excluding carboxylic acids is 3. The summed E-state index contributed by atoms with van der Waals surface area (Å²) in [5.74, 6) is 0.210. The van der Waals surface area contributed by atoms with Crippen molar-refractivity contribution >= 4 is 26.6 Å². The van der Waals surface area contributed by atoms with Crippen LogP contribution in [-0.4, -0.2) is 93.8 Å². The van der Waals surface area contributed by atoms with Crippen molar-refractivity contribution in [2.75, 3.05) is 39.9 Å². The first-order valence-corrected chi connectivity index (χ1v) is 15.9. The predicted octanol–water partition coefficient (Wildman–Crippen LogP) is 2.19. The number of hydrogen-bond donors (Lipinski definition) is 1. The molecule has 2 amide bonds. The summed E-state index contributed by atoms with van der Waals surface area (Å²) in [7, 11) is -0.397. The van der Waals surface area contributed by atoms with Crippen LogP contribution in [0.1, 0.15) is 73.7 Å². The van der Waals surface area contributed by atoms with Crippen molar-refractivity contribution in [3.8, 4) is 0 Å². The highest BCUT2D eigenvalue weighted by molar-refractivity contribution is 6.63. The van der Waals surface area contributed by atoms with Gasteiger partial charge in [0.1, 0.15) is 11.7 Å². The van der Waals surface area contributed by atoms with Crippen molar-refractivity contribution in [2.45, 2.75) is 75.2 Å².